The largest absolute Gasteiger partial charge is 0.475 e. The molecule has 7 nitrogen and oxygen atoms in total. The molecule has 1 amide bonds. The smallest absolute Gasteiger partial charge is 0.251 e. The number of ether oxygens (including phenoxy) is 1. The molecule has 0 spiro atoms. The van der Waals surface area contributed by atoms with Crippen LogP contribution in [-0.4, -0.2) is 38.9 Å². The summed E-state index contributed by atoms with van der Waals surface area (Å²) in [6.45, 7) is 7.04. The van der Waals surface area contributed by atoms with Gasteiger partial charge in [-0.25, -0.2) is 0 Å². The summed E-state index contributed by atoms with van der Waals surface area (Å²) in [5.74, 6) is 0.787. The first kappa shape index (κ1) is 21.8. The van der Waals surface area contributed by atoms with Gasteiger partial charge in [0.05, 0.1) is 11.6 Å². The fourth-order valence-electron chi connectivity index (χ4n) is 3.20. The zero-order valence-corrected chi connectivity index (χ0v) is 18.9. The second-order valence-electron chi connectivity index (χ2n) is 8.38. The Bertz CT molecular complexity index is 1250. The van der Waals surface area contributed by atoms with Crippen molar-refractivity contribution in [2.75, 3.05) is 13.2 Å². The molecule has 4 aromatic rings. The Balaban J connectivity index is 1.37. The maximum absolute atomic E-state index is 12.4. The number of fused-ring (bicyclic) bond motifs is 1. The van der Waals surface area contributed by atoms with Crippen LogP contribution in [0.3, 0.4) is 0 Å². The lowest BCUT2D eigenvalue weighted by molar-refractivity contribution is 0.0946. The third kappa shape index (κ3) is 4.73. The van der Waals surface area contributed by atoms with Gasteiger partial charge in [0.1, 0.15) is 6.61 Å². The molecule has 164 valence electrons. The van der Waals surface area contributed by atoms with Gasteiger partial charge in [0.15, 0.2) is 11.5 Å². The van der Waals surface area contributed by atoms with E-state index in [1.54, 1.807) is 22.7 Å². The highest BCUT2D eigenvalue weighted by atomic mass is 35.5. The molecular weight excluding hydrogens is 426 g/mol. The number of carbonyl (C=O) groups is 1. The molecule has 0 unspecified atom stereocenters. The third-order valence-electron chi connectivity index (χ3n) is 5.00. The SMILES string of the molecule is CC(C)(C)c1ccc(C(=O)NCCOc2ccc3nnc(-c4ccccc4Cl)n3n2)cc1. The minimum atomic E-state index is -0.141. The molecular formula is C24H24ClN5O2. The van der Waals surface area contributed by atoms with E-state index in [2.05, 4.69) is 41.4 Å². The van der Waals surface area contributed by atoms with E-state index in [0.29, 0.717) is 34.5 Å². The van der Waals surface area contributed by atoms with Crippen LogP contribution in [0, 0.1) is 0 Å². The van der Waals surface area contributed by atoms with Gasteiger partial charge in [-0.2, -0.15) is 4.52 Å². The zero-order valence-electron chi connectivity index (χ0n) is 18.2. The molecule has 0 fully saturated rings. The van der Waals surface area contributed by atoms with Crippen LogP contribution in [0.1, 0.15) is 36.7 Å². The van der Waals surface area contributed by atoms with Crippen LogP contribution in [0.2, 0.25) is 5.02 Å². The van der Waals surface area contributed by atoms with E-state index in [1.165, 1.54) is 5.56 Å². The molecule has 4 rings (SSSR count). The highest BCUT2D eigenvalue weighted by molar-refractivity contribution is 6.33. The van der Waals surface area contributed by atoms with Crippen molar-refractivity contribution < 1.29 is 9.53 Å². The Labute approximate surface area is 191 Å². The lowest BCUT2D eigenvalue weighted by Gasteiger charge is -2.19. The van der Waals surface area contributed by atoms with Gasteiger partial charge in [-0.1, -0.05) is 56.6 Å². The number of halogens is 1. The average Bonchev–Trinajstić information content (AvgIpc) is 3.19. The van der Waals surface area contributed by atoms with Crippen LogP contribution >= 0.6 is 11.6 Å². The molecule has 2 aromatic heterocycles. The summed E-state index contributed by atoms with van der Waals surface area (Å²) in [7, 11) is 0. The molecule has 0 aliphatic heterocycles. The summed E-state index contributed by atoms with van der Waals surface area (Å²) in [5.41, 5.74) is 3.17. The van der Waals surface area contributed by atoms with Gasteiger partial charge < -0.3 is 10.1 Å². The summed E-state index contributed by atoms with van der Waals surface area (Å²) in [6, 6.07) is 18.5. The second kappa shape index (κ2) is 8.96. The first-order valence-corrected chi connectivity index (χ1v) is 10.7. The molecule has 8 heteroatoms. The van der Waals surface area contributed by atoms with E-state index < -0.39 is 0 Å². The number of benzene rings is 2. The molecule has 0 saturated heterocycles. The van der Waals surface area contributed by atoms with Crippen molar-refractivity contribution in [3.8, 4) is 17.3 Å². The van der Waals surface area contributed by atoms with Crippen molar-refractivity contribution in [2.45, 2.75) is 26.2 Å². The minimum Gasteiger partial charge on any atom is -0.475 e. The molecule has 0 aliphatic rings. The highest BCUT2D eigenvalue weighted by Gasteiger charge is 2.15. The molecule has 0 aliphatic carbocycles. The standard InChI is InChI=1S/C24H24ClN5O2/c1-24(2,3)17-10-8-16(9-11-17)23(31)26-14-15-32-21-13-12-20-27-28-22(30(20)29-21)18-6-4-5-7-19(18)25/h4-13H,14-15H2,1-3H3,(H,26,31). The Morgan fingerprint density at radius 2 is 1.78 bits per heavy atom. The molecule has 0 radical (unpaired) electrons. The number of rotatable bonds is 6. The molecule has 1 N–H and O–H groups in total. The van der Waals surface area contributed by atoms with Crippen molar-refractivity contribution in [1.29, 1.82) is 0 Å². The van der Waals surface area contributed by atoms with Gasteiger partial charge in [0, 0.05) is 17.2 Å². The Morgan fingerprint density at radius 1 is 1.03 bits per heavy atom. The monoisotopic (exact) mass is 449 g/mol. The predicted octanol–water partition coefficient (Wildman–Crippen LogP) is 4.55. The number of aromatic nitrogens is 4. The van der Waals surface area contributed by atoms with Gasteiger partial charge in [0.2, 0.25) is 5.88 Å². The molecule has 32 heavy (non-hydrogen) atoms. The molecule has 2 aromatic carbocycles. The van der Waals surface area contributed by atoms with Crippen molar-refractivity contribution in [3.05, 3.63) is 76.8 Å². The summed E-state index contributed by atoms with van der Waals surface area (Å²) in [5, 5.41) is 16.2. The Morgan fingerprint density at radius 3 is 2.50 bits per heavy atom. The van der Waals surface area contributed by atoms with Crippen LogP contribution < -0.4 is 10.1 Å². The van der Waals surface area contributed by atoms with Crippen LogP contribution in [0.5, 0.6) is 5.88 Å². The van der Waals surface area contributed by atoms with Gasteiger partial charge in [0.25, 0.3) is 5.91 Å². The van der Waals surface area contributed by atoms with Crippen LogP contribution in [0.25, 0.3) is 17.0 Å². The summed E-state index contributed by atoms with van der Waals surface area (Å²) >= 11 is 6.29. The minimum absolute atomic E-state index is 0.0490. The first-order valence-electron chi connectivity index (χ1n) is 10.3. The Hall–Kier alpha value is -3.45. The number of amides is 1. The van der Waals surface area contributed by atoms with Crippen molar-refractivity contribution in [2.24, 2.45) is 0 Å². The number of nitrogens with one attached hydrogen (secondary N) is 1. The van der Waals surface area contributed by atoms with E-state index in [4.69, 9.17) is 16.3 Å². The lowest BCUT2D eigenvalue weighted by atomic mass is 9.87. The van der Waals surface area contributed by atoms with E-state index in [-0.39, 0.29) is 17.9 Å². The van der Waals surface area contributed by atoms with E-state index in [0.717, 1.165) is 5.56 Å². The quantitative estimate of drug-likeness (QED) is 0.437. The molecule has 0 saturated carbocycles. The lowest BCUT2D eigenvalue weighted by Crippen LogP contribution is -2.28. The normalized spacial score (nSPS) is 11.5. The topological polar surface area (TPSA) is 81.4 Å². The predicted molar refractivity (Wildman–Crippen MR) is 124 cm³/mol. The maximum atomic E-state index is 12.4. The molecule has 2 heterocycles. The first-order chi connectivity index (χ1) is 15.3. The fourth-order valence-corrected chi connectivity index (χ4v) is 3.42. The van der Waals surface area contributed by atoms with Crippen LogP contribution in [-0.2, 0) is 5.41 Å². The van der Waals surface area contributed by atoms with E-state index in [1.807, 2.05) is 42.5 Å². The summed E-state index contributed by atoms with van der Waals surface area (Å²) < 4.78 is 7.31. The number of carbonyl (C=O) groups excluding carboxylic acids is 1. The maximum Gasteiger partial charge on any atom is 0.251 e. The third-order valence-corrected chi connectivity index (χ3v) is 5.33. The van der Waals surface area contributed by atoms with Gasteiger partial charge in [-0.05, 0) is 41.3 Å². The fraction of sp³-hybridized carbons (Fsp3) is 0.250. The van der Waals surface area contributed by atoms with Crippen LogP contribution in [0.15, 0.2) is 60.7 Å². The number of nitrogens with zero attached hydrogens (tertiary/aromatic N) is 4. The van der Waals surface area contributed by atoms with Crippen molar-refractivity contribution in [1.82, 2.24) is 25.1 Å². The van der Waals surface area contributed by atoms with Crippen molar-refractivity contribution >= 4 is 23.2 Å². The number of hydrogen-bond acceptors (Lipinski definition) is 5. The second-order valence-corrected chi connectivity index (χ2v) is 8.78. The van der Waals surface area contributed by atoms with Gasteiger partial charge in [-0.3, -0.25) is 4.79 Å². The van der Waals surface area contributed by atoms with Gasteiger partial charge >= 0.3 is 0 Å². The zero-order chi connectivity index (χ0) is 22.7. The summed E-state index contributed by atoms with van der Waals surface area (Å²) in [4.78, 5) is 12.4. The average molecular weight is 450 g/mol. The van der Waals surface area contributed by atoms with Crippen LogP contribution in [0.4, 0.5) is 0 Å². The van der Waals surface area contributed by atoms with E-state index >= 15 is 0 Å². The van der Waals surface area contributed by atoms with Crippen molar-refractivity contribution in [3.63, 3.8) is 0 Å². The number of hydrogen-bond donors (Lipinski definition) is 1. The Kier molecular flexibility index (Phi) is 6.10. The molecule has 0 bridgehead atoms. The summed E-state index contributed by atoms with van der Waals surface area (Å²) in [6.07, 6.45) is 0. The molecule has 0 atom stereocenters. The van der Waals surface area contributed by atoms with E-state index in [9.17, 15) is 4.79 Å². The highest BCUT2D eigenvalue weighted by Crippen LogP contribution is 2.26. The van der Waals surface area contributed by atoms with Gasteiger partial charge in [-0.15, -0.1) is 15.3 Å².